The van der Waals surface area contributed by atoms with Crippen LogP contribution in [0.2, 0.25) is 5.02 Å². The number of aliphatic hydroxyl groups excluding tert-OH is 1. The fourth-order valence-electron chi connectivity index (χ4n) is 3.84. The van der Waals surface area contributed by atoms with Crippen molar-refractivity contribution in [2.75, 3.05) is 0 Å². The Labute approximate surface area is 209 Å². The number of aliphatic hydroxyl groups is 1. The summed E-state index contributed by atoms with van der Waals surface area (Å²) in [6, 6.07) is 10.9. The summed E-state index contributed by atoms with van der Waals surface area (Å²) < 4.78 is 30.3. The Kier molecular flexibility index (Phi) is 8.09. The molecule has 0 bridgehead atoms. The Morgan fingerprint density at radius 3 is 2.49 bits per heavy atom. The molecule has 1 saturated heterocycles. The number of ether oxygens (including phenoxy) is 3. The van der Waals surface area contributed by atoms with E-state index >= 15 is 0 Å². The van der Waals surface area contributed by atoms with Crippen LogP contribution in [-0.4, -0.2) is 40.9 Å². The van der Waals surface area contributed by atoms with Gasteiger partial charge in [-0.15, -0.1) is 0 Å². The van der Waals surface area contributed by atoms with Gasteiger partial charge in [-0.25, -0.2) is 9.18 Å². The summed E-state index contributed by atoms with van der Waals surface area (Å²) in [7, 11) is 0. The number of carbonyl (C=O) groups is 2. The van der Waals surface area contributed by atoms with Crippen molar-refractivity contribution in [3.63, 3.8) is 0 Å². The number of hydrogen-bond donors (Lipinski definition) is 2. The molecule has 2 aromatic carbocycles. The highest BCUT2D eigenvalue weighted by Gasteiger charge is 2.43. The highest BCUT2D eigenvalue weighted by Crippen LogP contribution is 2.30. The van der Waals surface area contributed by atoms with Crippen molar-refractivity contribution >= 4 is 23.7 Å². The molecule has 1 fully saturated rings. The Morgan fingerprint density at radius 2 is 1.89 bits per heavy atom. The molecule has 3 rings (SSSR count). The van der Waals surface area contributed by atoms with Gasteiger partial charge in [0.1, 0.15) is 17.3 Å². The lowest BCUT2D eigenvalue weighted by Crippen LogP contribution is -2.51. The maximum absolute atomic E-state index is 14.2. The molecule has 1 heterocycles. The monoisotopic (exact) mass is 507 g/mol. The number of nitrogens with one attached hydrogen (secondary N) is 1. The first kappa shape index (κ1) is 26.9. The van der Waals surface area contributed by atoms with Crippen molar-refractivity contribution in [2.24, 2.45) is 5.92 Å². The van der Waals surface area contributed by atoms with Gasteiger partial charge in [0.2, 0.25) is 5.79 Å². The van der Waals surface area contributed by atoms with Gasteiger partial charge in [-0.05, 0) is 62.9 Å². The molecule has 7 nitrogen and oxygen atoms in total. The summed E-state index contributed by atoms with van der Waals surface area (Å²) in [5, 5.41) is 13.6. The number of carbonyl (C=O) groups excluding carboxylic acids is 2. The zero-order valence-corrected chi connectivity index (χ0v) is 21.2. The summed E-state index contributed by atoms with van der Waals surface area (Å²) in [5.74, 6) is -3.24. The quantitative estimate of drug-likeness (QED) is 0.521. The highest BCUT2D eigenvalue weighted by molar-refractivity contribution is 6.30. The van der Waals surface area contributed by atoms with E-state index in [4.69, 9.17) is 25.8 Å². The van der Waals surface area contributed by atoms with E-state index in [2.05, 4.69) is 5.32 Å². The Balaban J connectivity index is 1.79. The summed E-state index contributed by atoms with van der Waals surface area (Å²) >= 11 is 6.01. The third kappa shape index (κ3) is 7.65. The van der Waals surface area contributed by atoms with Gasteiger partial charge in [0.25, 0.3) is 0 Å². The molecule has 1 amide bonds. The third-order valence-corrected chi connectivity index (χ3v) is 5.57. The third-order valence-electron chi connectivity index (χ3n) is 5.33. The zero-order valence-electron chi connectivity index (χ0n) is 20.4. The summed E-state index contributed by atoms with van der Waals surface area (Å²) in [6.45, 7) is 8.30. The zero-order chi connectivity index (χ0) is 26.0. The predicted octanol–water partition coefficient (Wildman–Crippen LogP) is 5.22. The molecule has 35 heavy (non-hydrogen) atoms. The molecule has 190 valence electrons. The molecule has 9 heteroatoms. The summed E-state index contributed by atoms with van der Waals surface area (Å²) in [5.41, 5.74) is 1.12. The van der Waals surface area contributed by atoms with Crippen LogP contribution in [0, 0.1) is 11.7 Å². The fraction of sp³-hybridized carbons (Fsp3) is 0.462. The van der Waals surface area contributed by atoms with E-state index in [-0.39, 0.29) is 12.2 Å². The average Bonchev–Trinajstić information content (AvgIpc) is 2.71. The molecular formula is C26H31ClFNO6. The minimum absolute atomic E-state index is 0.0556. The first-order valence-corrected chi connectivity index (χ1v) is 11.7. The van der Waals surface area contributed by atoms with Crippen LogP contribution in [0.3, 0.4) is 0 Å². The standard InChI is InChI=1S/C26H31ClFNO6/c1-25(2,3)35-24(32)29-18(14-20-22(30)33-26(4,5)34-23(20)31)12-15-6-8-16(9-7-15)19-13-17(27)10-11-21(19)28/h6-11,13,18,20,22,30H,12,14H2,1-5H3,(H,29,32)/t18-,20?,22?/m1/s1. The first-order valence-electron chi connectivity index (χ1n) is 11.3. The fourth-order valence-corrected chi connectivity index (χ4v) is 4.01. The molecule has 3 atom stereocenters. The summed E-state index contributed by atoms with van der Waals surface area (Å²) in [4.78, 5) is 25.0. The van der Waals surface area contributed by atoms with Crippen molar-refractivity contribution in [2.45, 2.75) is 71.2 Å². The second kappa shape index (κ2) is 10.5. The van der Waals surface area contributed by atoms with Gasteiger partial charge in [-0.1, -0.05) is 35.9 Å². The van der Waals surface area contributed by atoms with Crippen LogP contribution in [-0.2, 0) is 25.4 Å². The molecule has 0 saturated carbocycles. The minimum Gasteiger partial charge on any atom is -0.444 e. The second-order valence-electron chi connectivity index (χ2n) is 10.0. The van der Waals surface area contributed by atoms with Crippen LogP contribution in [0.25, 0.3) is 11.1 Å². The van der Waals surface area contributed by atoms with Gasteiger partial charge in [0.15, 0.2) is 6.29 Å². The Morgan fingerprint density at radius 1 is 1.23 bits per heavy atom. The van der Waals surface area contributed by atoms with Gasteiger partial charge >= 0.3 is 12.1 Å². The maximum Gasteiger partial charge on any atom is 0.407 e. The molecule has 0 spiro atoms. The maximum atomic E-state index is 14.2. The van der Waals surface area contributed by atoms with Gasteiger partial charge in [0.05, 0.1) is 0 Å². The SMILES string of the molecule is CC(C)(C)OC(=O)N[C@H](Cc1ccc(-c2cc(Cl)ccc2F)cc1)CC1C(=O)OC(C)(C)OC1O. The average molecular weight is 508 g/mol. The Bertz CT molecular complexity index is 1070. The van der Waals surface area contributed by atoms with Crippen molar-refractivity contribution in [3.8, 4) is 11.1 Å². The van der Waals surface area contributed by atoms with Crippen molar-refractivity contribution in [3.05, 3.63) is 58.9 Å². The topological polar surface area (TPSA) is 94.1 Å². The molecule has 2 unspecified atom stereocenters. The van der Waals surface area contributed by atoms with E-state index in [1.165, 1.54) is 26.0 Å². The van der Waals surface area contributed by atoms with Gasteiger partial charge in [-0.3, -0.25) is 4.79 Å². The van der Waals surface area contributed by atoms with E-state index in [1.54, 1.807) is 51.1 Å². The smallest absolute Gasteiger partial charge is 0.407 e. The molecule has 2 aromatic rings. The molecule has 0 radical (unpaired) electrons. The lowest BCUT2D eigenvalue weighted by Gasteiger charge is -2.38. The molecular weight excluding hydrogens is 477 g/mol. The van der Waals surface area contributed by atoms with E-state index in [1.807, 2.05) is 0 Å². The van der Waals surface area contributed by atoms with Crippen LogP contribution in [0.5, 0.6) is 0 Å². The van der Waals surface area contributed by atoms with Crippen LogP contribution >= 0.6 is 11.6 Å². The Hall–Kier alpha value is -2.68. The molecule has 2 N–H and O–H groups in total. The first-order chi connectivity index (χ1) is 16.2. The number of halogens is 2. The number of esters is 1. The number of amides is 1. The van der Waals surface area contributed by atoms with Crippen LogP contribution in [0.4, 0.5) is 9.18 Å². The van der Waals surface area contributed by atoms with Crippen molar-refractivity contribution in [1.29, 1.82) is 0 Å². The lowest BCUT2D eigenvalue weighted by atomic mass is 9.93. The number of cyclic esters (lactones) is 1. The minimum atomic E-state index is -1.39. The van der Waals surface area contributed by atoms with E-state index in [0.717, 1.165) is 5.56 Å². The largest absolute Gasteiger partial charge is 0.444 e. The normalized spacial score (nSPS) is 20.6. The lowest BCUT2D eigenvalue weighted by molar-refractivity contribution is -0.316. The number of hydrogen-bond acceptors (Lipinski definition) is 6. The highest BCUT2D eigenvalue weighted by atomic mass is 35.5. The predicted molar refractivity (Wildman–Crippen MR) is 129 cm³/mol. The molecule has 0 aromatic heterocycles. The van der Waals surface area contributed by atoms with Gasteiger partial charge in [0, 0.05) is 30.5 Å². The van der Waals surface area contributed by atoms with E-state index in [9.17, 15) is 19.1 Å². The van der Waals surface area contributed by atoms with E-state index in [0.29, 0.717) is 22.6 Å². The number of benzene rings is 2. The van der Waals surface area contributed by atoms with Crippen LogP contribution in [0.15, 0.2) is 42.5 Å². The molecule has 1 aliphatic heterocycles. The van der Waals surface area contributed by atoms with Crippen LogP contribution < -0.4 is 5.32 Å². The van der Waals surface area contributed by atoms with Gasteiger partial charge in [-0.2, -0.15) is 0 Å². The second-order valence-corrected chi connectivity index (χ2v) is 10.5. The number of alkyl carbamates (subject to hydrolysis) is 1. The summed E-state index contributed by atoms with van der Waals surface area (Å²) in [6.07, 6.45) is -1.67. The van der Waals surface area contributed by atoms with Crippen molar-refractivity contribution in [1.82, 2.24) is 5.32 Å². The van der Waals surface area contributed by atoms with E-state index < -0.39 is 41.7 Å². The number of rotatable bonds is 6. The molecule has 0 aliphatic carbocycles. The van der Waals surface area contributed by atoms with Gasteiger partial charge < -0.3 is 24.6 Å². The van der Waals surface area contributed by atoms with Crippen LogP contribution in [0.1, 0.15) is 46.6 Å². The molecule has 1 aliphatic rings. The van der Waals surface area contributed by atoms with Crippen molar-refractivity contribution < 1.29 is 33.3 Å².